The fourth-order valence-corrected chi connectivity index (χ4v) is 2.67. The van der Waals surface area contributed by atoms with Crippen LogP contribution in [0.1, 0.15) is 19.4 Å². The average molecular weight is 261 g/mol. The van der Waals surface area contributed by atoms with Crippen LogP contribution < -0.4 is 11.1 Å². The van der Waals surface area contributed by atoms with Crippen molar-refractivity contribution in [2.75, 3.05) is 19.6 Å². The second-order valence-electron chi connectivity index (χ2n) is 5.71. The van der Waals surface area contributed by atoms with Crippen LogP contribution in [0.4, 0.5) is 0 Å². The van der Waals surface area contributed by atoms with Crippen LogP contribution in [0.15, 0.2) is 30.3 Å². The van der Waals surface area contributed by atoms with Crippen molar-refractivity contribution in [3.8, 4) is 0 Å². The van der Waals surface area contributed by atoms with E-state index in [1.807, 2.05) is 18.2 Å². The number of carbonyl (C=O) groups excluding carboxylic acids is 1. The fraction of sp³-hybridized carbons (Fsp3) is 0.533. The van der Waals surface area contributed by atoms with Gasteiger partial charge >= 0.3 is 0 Å². The third-order valence-electron chi connectivity index (χ3n) is 3.86. The molecule has 0 spiro atoms. The van der Waals surface area contributed by atoms with E-state index >= 15 is 0 Å². The van der Waals surface area contributed by atoms with Crippen LogP contribution >= 0.6 is 0 Å². The third kappa shape index (κ3) is 3.14. The lowest BCUT2D eigenvalue weighted by molar-refractivity contribution is -0.133. The largest absolute Gasteiger partial charge is 0.353 e. The molecule has 104 valence electrons. The summed E-state index contributed by atoms with van der Waals surface area (Å²) in [6.45, 7) is 6.20. The number of carbonyl (C=O) groups is 1. The summed E-state index contributed by atoms with van der Waals surface area (Å²) in [5.74, 6) is 0.0508. The molecule has 1 saturated heterocycles. The minimum atomic E-state index is -0.215. The van der Waals surface area contributed by atoms with E-state index in [-0.39, 0.29) is 17.5 Å². The highest BCUT2D eigenvalue weighted by Gasteiger charge is 2.39. The Hall–Kier alpha value is -1.39. The SMILES string of the molecule is CC1(C)CNC(=O)C(CN)N1CCc1ccccc1. The molecule has 1 aromatic carbocycles. The number of rotatable bonds is 4. The lowest BCUT2D eigenvalue weighted by Crippen LogP contribution is -2.67. The van der Waals surface area contributed by atoms with Gasteiger partial charge < -0.3 is 11.1 Å². The van der Waals surface area contributed by atoms with Gasteiger partial charge in [-0.1, -0.05) is 30.3 Å². The maximum absolute atomic E-state index is 11.9. The first kappa shape index (κ1) is 14.0. The van der Waals surface area contributed by atoms with E-state index in [4.69, 9.17) is 5.73 Å². The van der Waals surface area contributed by atoms with Gasteiger partial charge in [0.1, 0.15) is 6.04 Å². The van der Waals surface area contributed by atoms with Crippen molar-refractivity contribution in [2.45, 2.75) is 31.8 Å². The predicted molar refractivity (Wildman–Crippen MR) is 76.8 cm³/mol. The molecule has 1 heterocycles. The molecule has 4 nitrogen and oxygen atoms in total. The highest BCUT2D eigenvalue weighted by molar-refractivity contribution is 5.83. The highest BCUT2D eigenvalue weighted by atomic mass is 16.2. The first-order chi connectivity index (χ1) is 9.04. The molecule has 0 bridgehead atoms. The van der Waals surface area contributed by atoms with Gasteiger partial charge in [0.05, 0.1) is 0 Å². The monoisotopic (exact) mass is 261 g/mol. The molecule has 1 aliphatic rings. The zero-order valence-electron chi connectivity index (χ0n) is 11.7. The summed E-state index contributed by atoms with van der Waals surface area (Å²) in [7, 11) is 0. The van der Waals surface area contributed by atoms with Crippen molar-refractivity contribution in [3.05, 3.63) is 35.9 Å². The molecule has 1 unspecified atom stereocenters. The number of hydrogen-bond acceptors (Lipinski definition) is 3. The first-order valence-corrected chi connectivity index (χ1v) is 6.83. The molecular formula is C15H23N3O. The smallest absolute Gasteiger partial charge is 0.238 e. The summed E-state index contributed by atoms with van der Waals surface area (Å²) >= 11 is 0. The van der Waals surface area contributed by atoms with Gasteiger partial charge in [-0.15, -0.1) is 0 Å². The molecule has 0 saturated carbocycles. The van der Waals surface area contributed by atoms with Gasteiger partial charge in [-0.2, -0.15) is 0 Å². The predicted octanol–water partition coefficient (Wildman–Crippen LogP) is 0.767. The Morgan fingerprint density at radius 1 is 1.37 bits per heavy atom. The van der Waals surface area contributed by atoms with Crippen LogP contribution in [-0.2, 0) is 11.2 Å². The molecule has 0 radical (unpaired) electrons. The molecule has 2 rings (SSSR count). The molecule has 1 atom stereocenters. The van der Waals surface area contributed by atoms with Gasteiger partial charge in [0.25, 0.3) is 0 Å². The van der Waals surface area contributed by atoms with E-state index < -0.39 is 0 Å². The minimum Gasteiger partial charge on any atom is -0.353 e. The molecule has 19 heavy (non-hydrogen) atoms. The summed E-state index contributed by atoms with van der Waals surface area (Å²) < 4.78 is 0. The number of nitrogens with one attached hydrogen (secondary N) is 1. The fourth-order valence-electron chi connectivity index (χ4n) is 2.67. The topological polar surface area (TPSA) is 58.4 Å². The Labute approximate surface area is 115 Å². The number of hydrogen-bond donors (Lipinski definition) is 2. The lowest BCUT2D eigenvalue weighted by atomic mass is 9.94. The molecule has 1 aliphatic heterocycles. The second-order valence-corrected chi connectivity index (χ2v) is 5.71. The van der Waals surface area contributed by atoms with Gasteiger partial charge in [-0.05, 0) is 25.8 Å². The van der Waals surface area contributed by atoms with E-state index in [0.29, 0.717) is 13.1 Å². The van der Waals surface area contributed by atoms with Gasteiger partial charge in [-0.25, -0.2) is 0 Å². The van der Waals surface area contributed by atoms with Gasteiger partial charge in [0.15, 0.2) is 0 Å². The Morgan fingerprint density at radius 2 is 2.05 bits per heavy atom. The van der Waals surface area contributed by atoms with E-state index in [1.165, 1.54) is 5.56 Å². The maximum Gasteiger partial charge on any atom is 0.238 e. The zero-order chi connectivity index (χ0) is 13.9. The van der Waals surface area contributed by atoms with Crippen molar-refractivity contribution in [1.29, 1.82) is 0 Å². The first-order valence-electron chi connectivity index (χ1n) is 6.83. The summed E-state index contributed by atoms with van der Waals surface area (Å²) in [5, 5.41) is 2.94. The molecular weight excluding hydrogens is 238 g/mol. The van der Waals surface area contributed by atoms with E-state index in [2.05, 4.69) is 36.2 Å². The van der Waals surface area contributed by atoms with Crippen molar-refractivity contribution >= 4 is 5.91 Å². The minimum absolute atomic E-state index is 0.0489. The normalized spacial score (nSPS) is 23.1. The Morgan fingerprint density at radius 3 is 2.68 bits per heavy atom. The van der Waals surface area contributed by atoms with Gasteiger partial charge in [-0.3, -0.25) is 9.69 Å². The van der Waals surface area contributed by atoms with Crippen molar-refractivity contribution < 1.29 is 4.79 Å². The Kier molecular flexibility index (Phi) is 4.22. The number of nitrogens with zero attached hydrogens (tertiary/aromatic N) is 1. The molecule has 0 aromatic heterocycles. The van der Waals surface area contributed by atoms with Crippen LogP contribution in [0.5, 0.6) is 0 Å². The molecule has 1 fully saturated rings. The van der Waals surface area contributed by atoms with E-state index in [0.717, 1.165) is 13.0 Å². The average Bonchev–Trinajstić information content (AvgIpc) is 2.41. The van der Waals surface area contributed by atoms with Crippen molar-refractivity contribution in [3.63, 3.8) is 0 Å². The van der Waals surface area contributed by atoms with Crippen LogP contribution in [0.3, 0.4) is 0 Å². The van der Waals surface area contributed by atoms with Crippen LogP contribution in [0.25, 0.3) is 0 Å². The summed E-state index contributed by atoms with van der Waals surface area (Å²) in [4.78, 5) is 14.1. The zero-order valence-corrected chi connectivity index (χ0v) is 11.7. The standard InChI is InChI=1S/C15H23N3O/c1-15(2)11-17-14(19)13(10-16)18(15)9-8-12-6-4-3-5-7-12/h3-7,13H,8-11,16H2,1-2H3,(H,17,19). The van der Waals surface area contributed by atoms with Crippen molar-refractivity contribution in [2.24, 2.45) is 5.73 Å². The highest BCUT2D eigenvalue weighted by Crippen LogP contribution is 2.21. The Bertz CT molecular complexity index is 430. The number of amides is 1. The molecule has 1 aromatic rings. The van der Waals surface area contributed by atoms with Crippen LogP contribution in [-0.4, -0.2) is 42.0 Å². The maximum atomic E-state index is 11.9. The number of piperazine rings is 1. The molecule has 3 N–H and O–H groups in total. The molecule has 1 amide bonds. The van der Waals surface area contributed by atoms with Gasteiger partial charge in [0.2, 0.25) is 5.91 Å². The van der Waals surface area contributed by atoms with E-state index in [1.54, 1.807) is 0 Å². The molecule has 4 heteroatoms. The van der Waals surface area contributed by atoms with Crippen molar-refractivity contribution in [1.82, 2.24) is 10.2 Å². The number of nitrogens with two attached hydrogens (primary N) is 1. The van der Waals surface area contributed by atoms with Gasteiger partial charge in [0, 0.05) is 25.2 Å². The summed E-state index contributed by atoms with van der Waals surface area (Å²) in [5.41, 5.74) is 7.01. The Balaban J connectivity index is 2.08. The van der Waals surface area contributed by atoms with E-state index in [9.17, 15) is 4.79 Å². The second kappa shape index (κ2) is 5.72. The lowest BCUT2D eigenvalue weighted by Gasteiger charge is -2.47. The summed E-state index contributed by atoms with van der Waals surface area (Å²) in [6.07, 6.45) is 0.939. The molecule has 0 aliphatic carbocycles. The third-order valence-corrected chi connectivity index (χ3v) is 3.86. The number of benzene rings is 1. The van der Waals surface area contributed by atoms with Crippen LogP contribution in [0.2, 0.25) is 0 Å². The van der Waals surface area contributed by atoms with Crippen LogP contribution in [0, 0.1) is 0 Å². The quantitative estimate of drug-likeness (QED) is 0.841. The summed E-state index contributed by atoms with van der Waals surface area (Å²) in [6, 6.07) is 10.1.